The normalized spacial score (nSPS) is 13.1. The summed E-state index contributed by atoms with van der Waals surface area (Å²) in [7, 11) is 0. The lowest BCUT2D eigenvalue weighted by Crippen LogP contribution is -2.19. The topological polar surface area (TPSA) is 52.3 Å². The Balaban J connectivity index is 3.21. The highest BCUT2D eigenvalue weighted by molar-refractivity contribution is 5.79. The molecular formula is C7H15NO2. The zero-order chi connectivity index (χ0) is 7.98. The fourth-order valence-electron chi connectivity index (χ4n) is 0.461. The van der Waals surface area contributed by atoms with Gasteiger partial charge in [-0.15, -0.1) is 0 Å². The van der Waals surface area contributed by atoms with Crippen LogP contribution < -0.4 is 5.73 Å². The Kier molecular flexibility index (Phi) is 5.16. The van der Waals surface area contributed by atoms with Crippen LogP contribution in [0.4, 0.5) is 0 Å². The number of Topliss-reactive ketones (excluding diaryl/α,β-unsaturated/α-hetero) is 1. The Labute approximate surface area is 61.5 Å². The maximum absolute atomic E-state index is 10.6. The standard InChI is InChI=1S/C7H15NO2/c1-6(9)7(2)10-5-3-4-8/h7H,3-5,8H2,1-2H3. The highest BCUT2D eigenvalue weighted by Gasteiger charge is 2.05. The number of hydrogen-bond donors (Lipinski definition) is 1. The van der Waals surface area contributed by atoms with Crippen molar-refractivity contribution in [3.05, 3.63) is 0 Å². The van der Waals surface area contributed by atoms with Crippen LogP contribution >= 0.6 is 0 Å². The molecule has 0 aromatic carbocycles. The number of nitrogens with two attached hydrogens (primary N) is 1. The Morgan fingerprint density at radius 2 is 2.30 bits per heavy atom. The average molecular weight is 145 g/mol. The van der Waals surface area contributed by atoms with Gasteiger partial charge in [0.15, 0.2) is 5.78 Å². The van der Waals surface area contributed by atoms with E-state index < -0.39 is 0 Å². The third-order valence-corrected chi connectivity index (χ3v) is 1.29. The third kappa shape index (κ3) is 4.47. The number of carbonyl (C=O) groups excluding carboxylic acids is 1. The van der Waals surface area contributed by atoms with Crippen molar-refractivity contribution in [1.82, 2.24) is 0 Å². The van der Waals surface area contributed by atoms with Crippen LogP contribution in [0.15, 0.2) is 0 Å². The summed E-state index contributed by atoms with van der Waals surface area (Å²) in [5.74, 6) is 0.0667. The van der Waals surface area contributed by atoms with Crippen molar-refractivity contribution in [2.45, 2.75) is 26.4 Å². The molecule has 0 amide bonds. The van der Waals surface area contributed by atoms with E-state index in [1.54, 1.807) is 6.92 Å². The molecule has 1 unspecified atom stereocenters. The third-order valence-electron chi connectivity index (χ3n) is 1.29. The van der Waals surface area contributed by atoms with Crippen LogP contribution in [0.25, 0.3) is 0 Å². The minimum Gasteiger partial charge on any atom is -0.371 e. The van der Waals surface area contributed by atoms with Gasteiger partial charge in [0.25, 0.3) is 0 Å². The molecule has 60 valence electrons. The summed E-state index contributed by atoms with van der Waals surface area (Å²) in [6.45, 7) is 4.47. The van der Waals surface area contributed by atoms with Crippen molar-refractivity contribution in [1.29, 1.82) is 0 Å². The van der Waals surface area contributed by atoms with E-state index in [-0.39, 0.29) is 11.9 Å². The molecule has 0 fully saturated rings. The lowest BCUT2D eigenvalue weighted by atomic mass is 10.3. The van der Waals surface area contributed by atoms with Crippen LogP contribution in [0.2, 0.25) is 0 Å². The Morgan fingerprint density at radius 3 is 2.70 bits per heavy atom. The van der Waals surface area contributed by atoms with E-state index in [4.69, 9.17) is 10.5 Å². The van der Waals surface area contributed by atoms with Gasteiger partial charge in [-0.1, -0.05) is 0 Å². The molecule has 0 radical (unpaired) electrons. The molecule has 0 aliphatic rings. The van der Waals surface area contributed by atoms with Crippen molar-refractivity contribution >= 4 is 5.78 Å². The van der Waals surface area contributed by atoms with Crippen LogP contribution in [0.5, 0.6) is 0 Å². The molecular weight excluding hydrogens is 130 g/mol. The molecule has 0 saturated heterocycles. The number of hydrogen-bond acceptors (Lipinski definition) is 3. The number of carbonyl (C=O) groups is 1. The van der Waals surface area contributed by atoms with E-state index >= 15 is 0 Å². The summed E-state index contributed by atoms with van der Waals surface area (Å²) in [5.41, 5.74) is 5.23. The van der Waals surface area contributed by atoms with Gasteiger partial charge in [0.2, 0.25) is 0 Å². The van der Waals surface area contributed by atoms with E-state index in [1.165, 1.54) is 6.92 Å². The Morgan fingerprint density at radius 1 is 1.70 bits per heavy atom. The summed E-state index contributed by atoms with van der Waals surface area (Å²) in [6, 6.07) is 0. The summed E-state index contributed by atoms with van der Waals surface area (Å²) in [5, 5.41) is 0. The number of rotatable bonds is 5. The molecule has 1 atom stereocenters. The van der Waals surface area contributed by atoms with E-state index in [0.717, 1.165) is 6.42 Å². The van der Waals surface area contributed by atoms with Crippen molar-refractivity contribution in [3.63, 3.8) is 0 Å². The first kappa shape index (κ1) is 9.59. The molecule has 0 bridgehead atoms. The van der Waals surface area contributed by atoms with E-state index in [0.29, 0.717) is 13.2 Å². The summed E-state index contributed by atoms with van der Waals surface area (Å²) in [4.78, 5) is 10.6. The second-order valence-electron chi connectivity index (χ2n) is 2.27. The molecule has 0 saturated carbocycles. The fourth-order valence-corrected chi connectivity index (χ4v) is 0.461. The van der Waals surface area contributed by atoms with Gasteiger partial charge in [-0.3, -0.25) is 4.79 Å². The Hall–Kier alpha value is -0.410. The monoisotopic (exact) mass is 145 g/mol. The van der Waals surface area contributed by atoms with E-state index in [1.807, 2.05) is 0 Å². The first-order valence-electron chi connectivity index (χ1n) is 3.50. The van der Waals surface area contributed by atoms with E-state index in [2.05, 4.69) is 0 Å². The molecule has 0 aliphatic heterocycles. The number of ketones is 1. The van der Waals surface area contributed by atoms with Gasteiger partial charge in [0.05, 0.1) is 0 Å². The molecule has 3 heteroatoms. The van der Waals surface area contributed by atoms with Crippen LogP contribution in [-0.2, 0) is 9.53 Å². The minimum atomic E-state index is -0.272. The van der Waals surface area contributed by atoms with Crippen molar-refractivity contribution < 1.29 is 9.53 Å². The van der Waals surface area contributed by atoms with Crippen LogP contribution in [-0.4, -0.2) is 25.0 Å². The molecule has 3 nitrogen and oxygen atoms in total. The molecule has 0 aromatic heterocycles. The van der Waals surface area contributed by atoms with Gasteiger partial charge in [-0.2, -0.15) is 0 Å². The minimum absolute atomic E-state index is 0.0667. The fraction of sp³-hybridized carbons (Fsp3) is 0.857. The lowest BCUT2D eigenvalue weighted by molar-refractivity contribution is -0.127. The van der Waals surface area contributed by atoms with E-state index in [9.17, 15) is 4.79 Å². The zero-order valence-corrected chi connectivity index (χ0v) is 6.59. The molecule has 0 aliphatic carbocycles. The van der Waals surface area contributed by atoms with Gasteiger partial charge < -0.3 is 10.5 Å². The summed E-state index contributed by atoms with van der Waals surface area (Å²) in [6.07, 6.45) is 0.545. The molecule has 10 heavy (non-hydrogen) atoms. The van der Waals surface area contributed by atoms with Crippen molar-refractivity contribution in [3.8, 4) is 0 Å². The summed E-state index contributed by atoms with van der Waals surface area (Å²) >= 11 is 0. The second-order valence-corrected chi connectivity index (χ2v) is 2.27. The molecule has 2 N–H and O–H groups in total. The predicted octanol–water partition coefficient (Wildman–Crippen LogP) is 0.329. The average Bonchev–Trinajstić information content (AvgIpc) is 1.88. The maximum atomic E-state index is 10.6. The van der Waals surface area contributed by atoms with Crippen LogP contribution in [0.1, 0.15) is 20.3 Å². The van der Waals surface area contributed by atoms with Gasteiger partial charge in [-0.05, 0) is 26.8 Å². The van der Waals surface area contributed by atoms with Crippen molar-refractivity contribution in [2.24, 2.45) is 5.73 Å². The van der Waals surface area contributed by atoms with Crippen LogP contribution in [0, 0.1) is 0 Å². The van der Waals surface area contributed by atoms with Crippen molar-refractivity contribution in [2.75, 3.05) is 13.2 Å². The maximum Gasteiger partial charge on any atom is 0.158 e. The summed E-state index contributed by atoms with van der Waals surface area (Å²) < 4.78 is 5.11. The lowest BCUT2D eigenvalue weighted by Gasteiger charge is -2.07. The first-order valence-corrected chi connectivity index (χ1v) is 3.50. The zero-order valence-electron chi connectivity index (χ0n) is 6.59. The highest BCUT2D eigenvalue weighted by atomic mass is 16.5. The second kappa shape index (κ2) is 5.38. The smallest absolute Gasteiger partial charge is 0.158 e. The quantitative estimate of drug-likeness (QED) is 0.567. The van der Waals surface area contributed by atoms with Crippen LogP contribution in [0.3, 0.4) is 0 Å². The van der Waals surface area contributed by atoms with Gasteiger partial charge in [0, 0.05) is 6.61 Å². The van der Waals surface area contributed by atoms with Gasteiger partial charge in [-0.25, -0.2) is 0 Å². The SMILES string of the molecule is CC(=O)C(C)OCCCN. The molecule has 0 rings (SSSR count). The first-order chi connectivity index (χ1) is 4.68. The van der Waals surface area contributed by atoms with Gasteiger partial charge in [0.1, 0.15) is 6.10 Å². The Bertz CT molecular complexity index is 104. The largest absolute Gasteiger partial charge is 0.371 e. The van der Waals surface area contributed by atoms with Gasteiger partial charge >= 0.3 is 0 Å². The molecule has 0 spiro atoms. The highest BCUT2D eigenvalue weighted by Crippen LogP contribution is 1.92. The number of ether oxygens (including phenoxy) is 1. The molecule has 0 heterocycles. The molecule has 0 aromatic rings. The predicted molar refractivity (Wildman–Crippen MR) is 39.8 cm³/mol.